The normalized spacial score (nSPS) is 22.6. The van der Waals surface area contributed by atoms with Gasteiger partial charge in [-0.05, 0) is 50.0 Å². The number of hydrogen-bond donors (Lipinski definition) is 0. The van der Waals surface area contributed by atoms with Crippen molar-refractivity contribution < 1.29 is 9.59 Å². The van der Waals surface area contributed by atoms with Crippen LogP contribution >= 0.6 is 0 Å². The van der Waals surface area contributed by atoms with Crippen LogP contribution in [0.3, 0.4) is 0 Å². The summed E-state index contributed by atoms with van der Waals surface area (Å²) in [6, 6.07) is 13.7. The number of likely N-dealkylation sites (N-methyl/N-ethyl adjacent to an activating group) is 2. The first-order chi connectivity index (χ1) is 14.9. The molecule has 1 aliphatic heterocycles. The Morgan fingerprint density at radius 1 is 1.06 bits per heavy atom. The number of hydrogen-bond acceptors (Lipinski definition) is 3. The van der Waals surface area contributed by atoms with E-state index in [0.29, 0.717) is 12.1 Å². The molecule has 3 aromatic rings. The molecule has 2 aromatic heterocycles. The molecule has 0 radical (unpaired) electrons. The number of imidazole rings is 1. The van der Waals surface area contributed by atoms with Crippen molar-refractivity contribution in [3.63, 3.8) is 0 Å². The van der Waals surface area contributed by atoms with E-state index in [9.17, 15) is 9.59 Å². The van der Waals surface area contributed by atoms with Gasteiger partial charge in [0.05, 0.1) is 5.69 Å². The van der Waals surface area contributed by atoms with Gasteiger partial charge in [0.25, 0.3) is 11.8 Å². The Bertz CT molecular complexity index is 1230. The Labute approximate surface area is 181 Å². The van der Waals surface area contributed by atoms with E-state index in [1.165, 1.54) is 10.6 Å². The average Bonchev–Trinajstić information content (AvgIpc) is 3.37. The molecular formula is C25H26N4O2. The smallest absolute Gasteiger partial charge is 0.271 e. The number of rotatable bonds is 3. The summed E-state index contributed by atoms with van der Waals surface area (Å²) in [6.45, 7) is 1.84. The highest BCUT2D eigenvalue weighted by Gasteiger charge is 2.48. The van der Waals surface area contributed by atoms with Gasteiger partial charge in [0.1, 0.15) is 16.9 Å². The summed E-state index contributed by atoms with van der Waals surface area (Å²) in [5.41, 5.74) is 4.53. The standard InChI is InChI=1S/C25H26N4O2/c1-25(16-17-9-5-4-6-10-17)24(31)27(2)21(23(30)28(25)3)15-18-11-8-14-29-20-13-7-12-19(20)26-22(18)29/h4-6,8-11,14-15H,7,12-13,16H2,1-3H3. The van der Waals surface area contributed by atoms with Crippen LogP contribution in [0.2, 0.25) is 0 Å². The second-order valence-electron chi connectivity index (χ2n) is 8.71. The van der Waals surface area contributed by atoms with Gasteiger partial charge >= 0.3 is 0 Å². The zero-order valence-electron chi connectivity index (χ0n) is 18.1. The Morgan fingerprint density at radius 2 is 1.84 bits per heavy atom. The lowest BCUT2D eigenvalue weighted by molar-refractivity contribution is -0.155. The summed E-state index contributed by atoms with van der Waals surface area (Å²) in [4.78, 5) is 34.8. The van der Waals surface area contributed by atoms with E-state index in [-0.39, 0.29) is 11.8 Å². The summed E-state index contributed by atoms with van der Waals surface area (Å²) in [6.07, 6.45) is 7.44. The lowest BCUT2D eigenvalue weighted by atomic mass is 9.87. The predicted molar refractivity (Wildman–Crippen MR) is 119 cm³/mol. The minimum Gasteiger partial charge on any atom is -0.326 e. The number of aryl methyl sites for hydroxylation is 2. The third kappa shape index (κ3) is 2.97. The third-order valence-electron chi connectivity index (χ3n) is 6.76. The third-order valence-corrected chi connectivity index (χ3v) is 6.76. The number of pyridine rings is 1. The first-order valence-corrected chi connectivity index (χ1v) is 10.7. The lowest BCUT2D eigenvalue weighted by Gasteiger charge is -2.45. The fourth-order valence-corrected chi connectivity index (χ4v) is 4.83. The van der Waals surface area contributed by atoms with Crippen molar-refractivity contribution in [2.24, 2.45) is 0 Å². The molecule has 1 aliphatic carbocycles. The zero-order valence-corrected chi connectivity index (χ0v) is 18.1. The number of aromatic nitrogens is 2. The summed E-state index contributed by atoms with van der Waals surface area (Å²) in [5.74, 6) is -0.260. The number of carbonyl (C=O) groups is 2. The summed E-state index contributed by atoms with van der Waals surface area (Å²) in [5, 5.41) is 0. The molecule has 2 amide bonds. The summed E-state index contributed by atoms with van der Waals surface area (Å²) in [7, 11) is 3.41. The van der Waals surface area contributed by atoms with Crippen molar-refractivity contribution in [2.75, 3.05) is 14.1 Å². The number of nitrogens with zero attached hydrogens (tertiary/aromatic N) is 4. The van der Waals surface area contributed by atoms with Crippen LogP contribution in [0, 0.1) is 0 Å². The van der Waals surface area contributed by atoms with Gasteiger partial charge in [0, 0.05) is 38.0 Å². The summed E-state index contributed by atoms with van der Waals surface area (Å²) >= 11 is 0. The van der Waals surface area contributed by atoms with E-state index in [1.807, 2.05) is 55.6 Å². The molecule has 2 aliphatic rings. The Balaban J connectivity index is 1.54. The molecule has 0 saturated carbocycles. The molecule has 5 rings (SSSR count). The van der Waals surface area contributed by atoms with E-state index in [0.717, 1.165) is 41.7 Å². The predicted octanol–water partition coefficient (Wildman–Crippen LogP) is 3.10. The van der Waals surface area contributed by atoms with Crippen LogP contribution in [-0.2, 0) is 28.9 Å². The van der Waals surface area contributed by atoms with Crippen LogP contribution in [0.4, 0.5) is 0 Å². The van der Waals surface area contributed by atoms with Gasteiger partial charge in [0.2, 0.25) is 0 Å². The molecule has 1 aromatic carbocycles. The van der Waals surface area contributed by atoms with Gasteiger partial charge in [-0.2, -0.15) is 0 Å². The number of fused-ring (bicyclic) bond motifs is 3. The van der Waals surface area contributed by atoms with Gasteiger partial charge < -0.3 is 14.2 Å². The SMILES string of the molecule is CN1C(=O)C(C)(Cc2ccccc2)N(C)C(=O)C1=Cc1cccn2c3c(nc12)CCC3. The van der Waals surface area contributed by atoms with Crippen LogP contribution in [0.25, 0.3) is 11.7 Å². The number of benzene rings is 1. The monoisotopic (exact) mass is 414 g/mol. The maximum absolute atomic E-state index is 13.5. The fraction of sp³-hybridized carbons (Fsp3) is 0.320. The molecule has 6 heteroatoms. The van der Waals surface area contributed by atoms with E-state index in [1.54, 1.807) is 25.1 Å². The molecule has 158 valence electrons. The molecule has 0 bridgehead atoms. The van der Waals surface area contributed by atoms with E-state index < -0.39 is 5.54 Å². The quantitative estimate of drug-likeness (QED) is 0.619. The minimum atomic E-state index is -0.939. The van der Waals surface area contributed by atoms with Crippen molar-refractivity contribution in [2.45, 2.75) is 38.1 Å². The minimum absolute atomic E-state index is 0.0949. The molecule has 1 fully saturated rings. The summed E-state index contributed by atoms with van der Waals surface area (Å²) < 4.78 is 2.12. The highest BCUT2D eigenvalue weighted by atomic mass is 16.2. The highest BCUT2D eigenvalue weighted by Crippen LogP contribution is 2.32. The second-order valence-corrected chi connectivity index (χ2v) is 8.71. The molecule has 31 heavy (non-hydrogen) atoms. The van der Waals surface area contributed by atoms with Crippen molar-refractivity contribution in [3.8, 4) is 0 Å². The van der Waals surface area contributed by atoms with Crippen molar-refractivity contribution in [1.29, 1.82) is 0 Å². The van der Waals surface area contributed by atoms with Crippen LogP contribution in [0.5, 0.6) is 0 Å². The van der Waals surface area contributed by atoms with Crippen LogP contribution in [0.1, 0.15) is 35.9 Å². The van der Waals surface area contributed by atoms with Crippen LogP contribution in [0.15, 0.2) is 54.4 Å². The van der Waals surface area contributed by atoms with Crippen molar-refractivity contribution in [3.05, 3.63) is 76.9 Å². The largest absolute Gasteiger partial charge is 0.326 e. The first-order valence-electron chi connectivity index (χ1n) is 10.7. The maximum atomic E-state index is 13.5. The Hall–Kier alpha value is -3.41. The van der Waals surface area contributed by atoms with E-state index in [2.05, 4.69) is 4.40 Å². The molecular weight excluding hydrogens is 388 g/mol. The van der Waals surface area contributed by atoms with Gasteiger partial charge in [-0.1, -0.05) is 30.3 Å². The Morgan fingerprint density at radius 3 is 2.61 bits per heavy atom. The molecule has 0 N–H and O–H groups in total. The lowest BCUT2D eigenvalue weighted by Crippen LogP contribution is -2.64. The number of carbonyl (C=O) groups excluding carboxylic acids is 2. The number of piperazine rings is 1. The average molecular weight is 415 g/mol. The molecule has 1 atom stereocenters. The molecule has 3 heterocycles. The van der Waals surface area contributed by atoms with Crippen LogP contribution in [-0.4, -0.2) is 50.6 Å². The van der Waals surface area contributed by atoms with Gasteiger partial charge in [-0.3, -0.25) is 9.59 Å². The van der Waals surface area contributed by atoms with Crippen molar-refractivity contribution in [1.82, 2.24) is 19.2 Å². The van der Waals surface area contributed by atoms with E-state index in [4.69, 9.17) is 4.98 Å². The van der Waals surface area contributed by atoms with Gasteiger partial charge in [0.15, 0.2) is 0 Å². The maximum Gasteiger partial charge on any atom is 0.271 e. The highest BCUT2D eigenvalue weighted by molar-refractivity contribution is 6.09. The number of amides is 2. The molecule has 6 nitrogen and oxygen atoms in total. The first kappa shape index (κ1) is 19.5. The molecule has 1 unspecified atom stereocenters. The molecule has 0 spiro atoms. The van der Waals surface area contributed by atoms with Crippen LogP contribution < -0.4 is 0 Å². The van der Waals surface area contributed by atoms with Gasteiger partial charge in [-0.15, -0.1) is 0 Å². The zero-order chi connectivity index (χ0) is 21.8. The second kappa shape index (κ2) is 7.08. The molecule has 1 saturated heterocycles. The fourth-order valence-electron chi connectivity index (χ4n) is 4.83. The van der Waals surface area contributed by atoms with Gasteiger partial charge in [-0.25, -0.2) is 4.98 Å². The van der Waals surface area contributed by atoms with E-state index >= 15 is 0 Å². The topological polar surface area (TPSA) is 57.9 Å². The Kier molecular flexibility index (Phi) is 4.46. The van der Waals surface area contributed by atoms with Crippen molar-refractivity contribution >= 4 is 23.5 Å².